The van der Waals surface area contributed by atoms with Crippen LogP contribution in [-0.4, -0.2) is 76.6 Å². The van der Waals surface area contributed by atoms with Crippen LogP contribution < -0.4 is 0 Å². The number of carboxylic acids is 1. The van der Waals surface area contributed by atoms with Gasteiger partial charge in [0.2, 0.25) is 0 Å². The molecule has 1 aromatic heterocycles. The Kier molecular flexibility index (Phi) is 6.67. The van der Waals surface area contributed by atoms with Crippen LogP contribution in [0.15, 0.2) is 6.20 Å². The molecule has 1 atom stereocenters. The molecule has 2 fully saturated rings. The number of carboxylic acid groups (broad SMARTS) is 1. The SMILES string of the molecule is CN(CC(=O)O)CC1CN(Cc2cn(C)nc2C2CCCCC2)CCO1. The van der Waals surface area contributed by atoms with Gasteiger partial charge in [0.05, 0.1) is 24.9 Å². The van der Waals surface area contributed by atoms with Crippen molar-refractivity contribution >= 4 is 5.97 Å². The summed E-state index contributed by atoms with van der Waals surface area (Å²) in [5, 5.41) is 13.7. The molecule has 2 heterocycles. The van der Waals surface area contributed by atoms with Gasteiger partial charge in [-0.3, -0.25) is 19.3 Å². The number of aryl methyl sites for hydroxylation is 1. The summed E-state index contributed by atoms with van der Waals surface area (Å²) in [5.41, 5.74) is 2.64. The maximum absolute atomic E-state index is 10.8. The summed E-state index contributed by atoms with van der Waals surface area (Å²) in [6, 6.07) is 0. The zero-order chi connectivity index (χ0) is 18.5. The summed E-state index contributed by atoms with van der Waals surface area (Å²) in [6.45, 7) is 4.05. The van der Waals surface area contributed by atoms with E-state index >= 15 is 0 Å². The molecular formula is C19H32N4O3. The van der Waals surface area contributed by atoms with Crippen molar-refractivity contribution in [3.63, 3.8) is 0 Å². The van der Waals surface area contributed by atoms with Crippen LogP contribution in [0.3, 0.4) is 0 Å². The van der Waals surface area contributed by atoms with E-state index in [-0.39, 0.29) is 12.6 Å². The molecule has 7 nitrogen and oxygen atoms in total. The number of carbonyl (C=O) groups is 1. The lowest BCUT2D eigenvalue weighted by molar-refractivity contribution is -0.138. The number of ether oxygens (including phenoxy) is 1. The van der Waals surface area contributed by atoms with E-state index < -0.39 is 5.97 Å². The summed E-state index contributed by atoms with van der Waals surface area (Å²) in [6.07, 6.45) is 8.74. The van der Waals surface area contributed by atoms with Crippen LogP contribution >= 0.6 is 0 Å². The van der Waals surface area contributed by atoms with E-state index in [1.165, 1.54) is 43.4 Å². The van der Waals surface area contributed by atoms with Crippen molar-refractivity contribution in [3.05, 3.63) is 17.5 Å². The molecule has 0 bridgehead atoms. The number of aliphatic carboxylic acids is 1. The van der Waals surface area contributed by atoms with Crippen LogP contribution in [0.25, 0.3) is 0 Å². The van der Waals surface area contributed by atoms with Gasteiger partial charge in [0.15, 0.2) is 0 Å². The van der Waals surface area contributed by atoms with Crippen LogP contribution in [0.1, 0.15) is 49.3 Å². The molecule has 1 saturated heterocycles. The molecule has 0 aromatic carbocycles. The van der Waals surface area contributed by atoms with Crippen molar-refractivity contribution < 1.29 is 14.6 Å². The molecule has 2 aliphatic rings. The van der Waals surface area contributed by atoms with Gasteiger partial charge in [0.1, 0.15) is 0 Å². The number of nitrogens with zero attached hydrogens (tertiary/aromatic N) is 4. The molecular weight excluding hydrogens is 332 g/mol. The van der Waals surface area contributed by atoms with E-state index in [1.807, 2.05) is 23.7 Å². The first-order valence-electron chi connectivity index (χ1n) is 9.78. The maximum atomic E-state index is 10.8. The second-order valence-electron chi connectivity index (χ2n) is 7.87. The zero-order valence-electron chi connectivity index (χ0n) is 16.1. The standard InChI is InChI=1S/C19H32N4O3/c1-21(14-18(24)25)12-17-13-23(8-9-26-17)11-16-10-22(2)20-19(16)15-6-4-3-5-7-15/h10,15,17H,3-9,11-14H2,1-2H3,(H,24,25). The average Bonchev–Trinajstić information content (AvgIpc) is 2.95. The Morgan fingerprint density at radius 3 is 2.88 bits per heavy atom. The van der Waals surface area contributed by atoms with Crippen molar-refractivity contribution in [1.82, 2.24) is 19.6 Å². The van der Waals surface area contributed by atoms with E-state index in [1.54, 1.807) is 0 Å². The Labute approximate surface area is 155 Å². The molecule has 3 rings (SSSR count). The molecule has 7 heteroatoms. The fraction of sp³-hybridized carbons (Fsp3) is 0.789. The number of likely N-dealkylation sites (N-methyl/N-ethyl adjacent to an activating group) is 1. The first-order valence-corrected chi connectivity index (χ1v) is 9.78. The lowest BCUT2D eigenvalue weighted by Crippen LogP contribution is -2.47. The van der Waals surface area contributed by atoms with Crippen LogP contribution in [0.5, 0.6) is 0 Å². The van der Waals surface area contributed by atoms with Crippen molar-refractivity contribution in [2.24, 2.45) is 7.05 Å². The minimum atomic E-state index is -0.798. The summed E-state index contributed by atoms with van der Waals surface area (Å²) in [5.74, 6) is -0.189. The third-order valence-electron chi connectivity index (χ3n) is 5.47. The van der Waals surface area contributed by atoms with Gasteiger partial charge in [-0.1, -0.05) is 19.3 Å². The number of morpholine rings is 1. The van der Waals surface area contributed by atoms with Gasteiger partial charge < -0.3 is 9.84 Å². The molecule has 0 radical (unpaired) electrons. The van der Waals surface area contributed by atoms with Gasteiger partial charge in [-0.15, -0.1) is 0 Å². The third kappa shape index (κ3) is 5.28. The molecule has 0 amide bonds. The molecule has 1 N–H and O–H groups in total. The summed E-state index contributed by atoms with van der Waals surface area (Å²) in [4.78, 5) is 15.1. The topological polar surface area (TPSA) is 70.8 Å². The molecule has 1 aromatic rings. The highest BCUT2D eigenvalue weighted by atomic mass is 16.5. The van der Waals surface area contributed by atoms with Gasteiger partial charge in [-0.2, -0.15) is 5.10 Å². The summed E-state index contributed by atoms with van der Waals surface area (Å²) >= 11 is 0. The minimum absolute atomic E-state index is 0.0499. The van der Waals surface area contributed by atoms with Crippen molar-refractivity contribution in [1.29, 1.82) is 0 Å². The molecule has 0 spiro atoms. The highest BCUT2D eigenvalue weighted by Crippen LogP contribution is 2.34. The van der Waals surface area contributed by atoms with E-state index in [0.717, 1.165) is 19.6 Å². The quantitative estimate of drug-likeness (QED) is 0.794. The zero-order valence-corrected chi connectivity index (χ0v) is 16.1. The molecule has 1 aliphatic heterocycles. The fourth-order valence-corrected chi connectivity index (χ4v) is 4.31. The number of rotatable bonds is 7. The lowest BCUT2D eigenvalue weighted by Gasteiger charge is -2.34. The second kappa shape index (κ2) is 8.97. The lowest BCUT2D eigenvalue weighted by atomic mass is 9.85. The van der Waals surface area contributed by atoms with Crippen LogP contribution in [0, 0.1) is 0 Å². The van der Waals surface area contributed by atoms with E-state index in [9.17, 15) is 4.79 Å². The second-order valence-corrected chi connectivity index (χ2v) is 7.87. The highest BCUT2D eigenvalue weighted by Gasteiger charge is 2.26. The number of hydrogen-bond donors (Lipinski definition) is 1. The Morgan fingerprint density at radius 2 is 2.15 bits per heavy atom. The van der Waals surface area contributed by atoms with Crippen LogP contribution in [-0.2, 0) is 23.1 Å². The first kappa shape index (κ1) is 19.3. The predicted molar refractivity (Wildman–Crippen MR) is 99.2 cm³/mol. The summed E-state index contributed by atoms with van der Waals surface area (Å²) < 4.78 is 7.81. The van der Waals surface area contributed by atoms with Gasteiger partial charge >= 0.3 is 5.97 Å². The monoisotopic (exact) mass is 364 g/mol. The van der Waals surface area contributed by atoms with Crippen LogP contribution in [0.2, 0.25) is 0 Å². The first-order chi connectivity index (χ1) is 12.5. The summed E-state index contributed by atoms with van der Waals surface area (Å²) in [7, 11) is 3.84. The Balaban J connectivity index is 1.59. The molecule has 1 unspecified atom stereocenters. The van der Waals surface area contributed by atoms with E-state index in [0.29, 0.717) is 19.1 Å². The fourth-order valence-electron chi connectivity index (χ4n) is 4.31. The van der Waals surface area contributed by atoms with Gasteiger partial charge in [0, 0.05) is 50.9 Å². The smallest absolute Gasteiger partial charge is 0.317 e. The largest absolute Gasteiger partial charge is 0.480 e. The average molecular weight is 364 g/mol. The molecule has 26 heavy (non-hydrogen) atoms. The van der Waals surface area contributed by atoms with Crippen molar-refractivity contribution in [2.75, 3.05) is 39.8 Å². The van der Waals surface area contributed by atoms with Gasteiger partial charge in [-0.05, 0) is 19.9 Å². The normalized spacial score (nSPS) is 22.8. The highest BCUT2D eigenvalue weighted by molar-refractivity contribution is 5.69. The van der Waals surface area contributed by atoms with Crippen LogP contribution in [0.4, 0.5) is 0 Å². The van der Waals surface area contributed by atoms with Crippen molar-refractivity contribution in [3.8, 4) is 0 Å². The Bertz CT molecular complexity index is 598. The van der Waals surface area contributed by atoms with E-state index in [2.05, 4.69) is 11.1 Å². The number of hydrogen-bond acceptors (Lipinski definition) is 5. The van der Waals surface area contributed by atoms with Gasteiger partial charge in [-0.25, -0.2) is 0 Å². The number of aromatic nitrogens is 2. The Hall–Kier alpha value is -1.44. The third-order valence-corrected chi connectivity index (χ3v) is 5.47. The van der Waals surface area contributed by atoms with E-state index in [4.69, 9.17) is 14.9 Å². The minimum Gasteiger partial charge on any atom is -0.480 e. The maximum Gasteiger partial charge on any atom is 0.317 e. The molecule has 1 aliphatic carbocycles. The Morgan fingerprint density at radius 1 is 1.38 bits per heavy atom. The predicted octanol–water partition coefficient (Wildman–Crippen LogP) is 1.69. The van der Waals surface area contributed by atoms with Crippen molar-refractivity contribution in [2.45, 2.75) is 50.7 Å². The van der Waals surface area contributed by atoms with Gasteiger partial charge in [0.25, 0.3) is 0 Å². The molecule has 146 valence electrons. The molecule has 1 saturated carbocycles.